The van der Waals surface area contributed by atoms with E-state index in [0.717, 1.165) is 11.1 Å². The van der Waals surface area contributed by atoms with Crippen LogP contribution in [-0.2, 0) is 26.1 Å². The summed E-state index contributed by atoms with van der Waals surface area (Å²) in [5.41, 5.74) is 1.79. The highest BCUT2D eigenvalue weighted by Gasteiger charge is 2.46. The average Bonchev–Trinajstić information content (AvgIpc) is 2.77. The molecule has 3 rings (SSSR count). The van der Waals surface area contributed by atoms with Crippen molar-refractivity contribution in [3.63, 3.8) is 0 Å². The molecule has 6 N–H and O–H groups in total. The standard InChI is InChI=1S/C21H29ClN2O8S/c1-30-21-19(27)17(25)18(26)20(32-21)13-4-7-16(22)14(11-13)10-12-2-5-15(6-3-12)31-9-8-24-33(23,28)29/h2-3,5-7,11,13,17-21,24-27H,4,8-10H2,1H3,(H2,23,28,29)/t13?,17-,18-,19+,20+,21+/m1/s1. The smallest absolute Gasteiger partial charge is 0.274 e. The van der Waals surface area contributed by atoms with Gasteiger partial charge in [0.25, 0.3) is 10.2 Å². The van der Waals surface area contributed by atoms with E-state index in [-0.39, 0.29) is 19.1 Å². The first-order valence-corrected chi connectivity index (χ1v) is 12.3. The second-order valence-electron chi connectivity index (χ2n) is 7.93. The van der Waals surface area contributed by atoms with Crippen molar-refractivity contribution in [2.24, 2.45) is 11.1 Å². The van der Waals surface area contributed by atoms with Crippen LogP contribution in [0.25, 0.3) is 0 Å². The lowest BCUT2D eigenvalue weighted by Crippen LogP contribution is -2.59. The summed E-state index contributed by atoms with van der Waals surface area (Å²) in [6.07, 6.45) is -1.06. The van der Waals surface area contributed by atoms with E-state index < -0.39 is 40.9 Å². The zero-order chi connectivity index (χ0) is 24.2. The highest BCUT2D eigenvalue weighted by molar-refractivity contribution is 7.87. The molecule has 1 aliphatic carbocycles. The fourth-order valence-corrected chi connectivity index (χ4v) is 4.43. The summed E-state index contributed by atoms with van der Waals surface area (Å²) >= 11 is 6.42. The Hall–Kier alpha value is -1.54. The van der Waals surface area contributed by atoms with E-state index in [2.05, 4.69) is 4.72 Å². The highest BCUT2D eigenvalue weighted by Crippen LogP contribution is 2.35. The molecule has 1 aromatic rings. The number of nitrogens with one attached hydrogen (secondary N) is 1. The maximum absolute atomic E-state index is 10.8. The predicted octanol–water partition coefficient (Wildman–Crippen LogP) is -0.0760. The summed E-state index contributed by atoms with van der Waals surface area (Å²) in [5, 5.41) is 36.1. The number of methoxy groups -OCH3 is 1. The molecule has 12 heteroatoms. The van der Waals surface area contributed by atoms with Crippen LogP contribution in [0, 0.1) is 5.92 Å². The van der Waals surface area contributed by atoms with Gasteiger partial charge in [-0.1, -0.05) is 35.9 Å². The van der Waals surface area contributed by atoms with Gasteiger partial charge in [-0.2, -0.15) is 13.1 Å². The van der Waals surface area contributed by atoms with Gasteiger partial charge in [-0.3, -0.25) is 0 Å². The minimum atomic E-state index is -3.75. The number of hydrogen-bond acceptors (Lipinski definition) is 8. The first-order valence-electron chi connectivity index (χ1n) is 10.4. The normalized spacial score (nSPS) is 30.5. The van der Waals surface area contributed by atoms with Crippen LogP contribution in [-0.4, -0.2) is 74.7 Å². The molecular weight excluding hydrogens is 476 g/mol. The van der Waals surface area contributed by atoms with E-state index >= 15 is 0 Å². The van der Waals surface area contributed by atoms with Gasteiger partial charge >= 0.3 is 0 Å². The zero-order valence-electron chi connectivity index (χ0n) is 18.0. The molecule has 33 heavy (non-hydrogen) atoms. The summed E-state index contributed by atoms with van der Waals surface area (Å²) in [6.45, 7) is 0.184. The van der Waals surface area contributed by atoms with Gasteiger partial charge in [0.15, 0.2) is 6.29 Å². The van der Waals surface area contributed by atoms with Crippen LogP contribution in [0.1, 0.15) is 12.0 Å². The van der Waals surface area contributed by atoms with Crippen LogP contribution in [0.4, 0.5) is 0 Å². The molecule has 0 radical (unpaired) electrons. The molecule has 184 valence electrons. The minimum absolute atomic E-state index is 0.0556. The monoisotopic (exact) mass is 504 g/mol. The molecular formula is C21H29ClN2O8S. The lowest BCUT2D eigenvalue weighted by Gasteiger charge is -2.42. The van der Waals surface area contributed by atoms with E-state index in [1.165, 1.54) is 7.11 Å². The molecule has 0 spiro atoms. The van der Waals surface area contributed by atoms with Crippen LogP contribution < -0.4 is 14.6 Å². The Bertz CT molecular complexity index is 967. The third-order valence-corrected chi connectivity index (χ3v) is 6.55. The Morgan fingerprint density at radius 3 is 2.52 bits per heavy atom. The summed E-state index contributed by atoms with van der Waals surface area (Å²) < 4.78 is 40.1. The third kappa shape index (κ3) is 6.98. The lowest BCUT2D eigenvalue weighted by molar-refractivity contribution is -0.296. The first-order chi connectivity index (χ1) is 15.6. The van der Waals surface area contributed by atoms with Crippen molar-refractivity contribution in [3.05, 3.63) is 52.6 Å². The number of benzene rings is 1. The Balaban J connectivity index is 1.63. The number of nitrogens with two attached hydrogens (primary N) is 1. The number of halogens is 1. The van der Waals surface area contributed by atoms with Crippen molar-refractivity contribution >= 4 is 21.8 Å². The van der Waals surface area contributed by atoms with E-state index in [9.17, 15) is 23.7 Å². The molecule has 1 heterocycles. The molecule has 2 aliphatic rings. The van der Waals surface area contributed by atoms with Gasteiger partial charge < -0.3 is 29.5 Å². The van der Waals surface area contributed by atoms with E-state index in [1.54, 1.807) is 12.1 Å². The molecule has 1 fully saturated rings. The van der Waals surface area contributed by atoms with Crippen molar-refractivity contribution in [1.82, 2.24) is 4.72 Å². The van der Waals surface area contributed by atoms with Gasteiger partial charge in [0, 0.05) is 24.6 Å². The maximum Gasteiger partial charge on any atom is 0.274 e. The fraction of sp³-hybridized carbons (Fsp3) is 0.524. The molecule has 1 aromatic carbocycles. The molecule has 0 bridgehead atoms. The quantitative estimate of drug-likeness (QED) is 0.292. The summed E-state index contributed by atoms with van der Waals surface area (Å²) in [5.74, 6) is 0.301. The Labute approximate surface area is 197 Å². The Morgan fingerprint density at radius 2 is 1.88 bits per heavy atom. The van der Waals surface area contributed by atoms with Crippen molar-refractivity contribution < 1.29 is 37.9 Å². The van der Waals surface area contributed by atoms with Crippen molar-refractivity contribution in [2.75, 3.05) is 20.3 Å². The molecule has 10 nitrogen and oxygen atoms in total. The largest absolute Gasteiger partial charge is 0.492 e. The molecule has 6 atom stereocenters. The number of aliphatic hydroxyl groups is 3. The number of allylic oxidation sites excluding steroid dienone is 3. The first kappa shape index (κ1) is 26.1. The highest BCUT2D eigenvalue weighted by atomic mass is 35.5. The van der Waals surface area contributed by atoms with Crippen molar-refractivity contribution in [2.45, 2.75) is 43.5 Å². The van der Waals surface area contributed by atoms with Gasteiger partial charge in [0.1, 0.15) is 30.7 Å². The van der Waals surface area contributed by atoms with Crippen LogP contribution in [0.2, 0.25) is 0 Å². The number of ether oxygens (including phenoxy) is 3. The molecule has 1 aliphatic heterocycles. The number of hydrogen-bond donors (Lipinski definition) is 5. The summed E-state index contributed by atoms with van der Waals surface area (Å²) in [4.78, 5) is 0. The van der Waals surface area contributed by atoms with E-state index in [0.29, 0.717) is 23.6 Å². The number of rotatable bonds is 9. The Kier molecular flexibility index (Phi) is 8.89. The van der Waals surface area contributed by atoms with Gasteiger partial charge in [-0.25, -0.2) is 5.14 Å². The van der Waals surface area contributed by atoms with Gasteiger partial charge in [0.2, 0.25) is 0 Å². The van der Waals surface area contributed by atoms with Crippen LogP contribution in [0.3, 0.4) is 0 Å². The molecule has 1 unspecified atom stereocenters. The molecule has 0 saturated carbocycles. The van der Waals surface area contributed by atoms with Crippen molar-refractivity contribution in [3.8, 4) is 5.75 Å². The van der Waals surface area contributed by atoms with E-state index in [1.807, 2.05) is 24.3 Å². The number of aliphatic hydroxyl groups excluding tert-OH is 3. The lowest BCUT2D eigenvalue weighted by atomic mass is 9.83. The Morgan fingerprint density at radius 1 is 1.18 bits per heavy atom. The van der Waals surface area contributed by atoms with Gasteiger partial charge in [-0.05, 0) is 36.1 Å². The predicted molar refractivity (Wildman–Crippen MR) is 121 cm³/mol. The van der Waals surface area contributed by atoms with Gasteiger partial charge in [-0.15, -0.1) is 0 Å². The molecule has 0 amide bonds. The zero-order valence-corrected chi connectivity index (χ0v) is 19.6. The topological polar surface area (TPSA) is 161 Å². The second-order valence-corrected chi connectivity index (χ2v) is 9.71. The summed E-state index contributed by atoms with van der Waals surface area (Å²) in [7, 11) is -2.39. The summed E-state index contributed by atoms with van der Waals surface area (Å²) in [6, 6.07) is 7.26. The van der Waals surface area contributed by atoms with Crippen LogP contribution in [0.5, 0.6) is 5.75 Å². The average molecular weight is 505 g/mol. The molecule has 0 aromatic heterocycles. The third-order valence-electron chi connectivity index (χ3n) is 5.54. The maximum atomic E-state index is 10.8. The van der Waals surface area contributed by atoms with Crippen LogP contribution in [0.15, 0.2) is 47.0 Å². The minimum Gasteiger partial charge on any atom is -0.492 e. The fourth-order valence-electron chi connectivity index (χ4n) is 3.85. The van der Waals surface area contributed by atoms with E-state index in [4.69, 9.17) is 31.0 Å². The SMILES string of the molecule is CO[C@H]1O[C@@H](C2C=C(Cc3ccc(OCCNS(N)(=O)=O)cc3)C(Cl)=CC2)[C@H](O)[C@@H](O)[C@@H]1O. The van der Waals surface area contributed by atoms with Gasteiger partial charge in [0.05, 0.1) is 6.10 Å². The van der Waals surface area contributed by atoms with Crippen LogP contribution >= 0.6 is 11.6 Å². The van der Waals surface area contributed by atoms with Crippen molar-refractivity contribution in [1.29, 1.82) is 0 Å². The second kappa shape index (κ2) is 11.3. The molecule has 1 saturated heterocycles.